The third kappa shape index (κ3) is 1.53. The van der Waals surface area contributed by atoms with Gasteiger partial charge in [-0.25, -0.2) is 4.98 Å². The van der Waals surface area contributed by atoms with Crippen molar-refractivity contribution in [3.05, 3.63) is 23.9 Å². The molecule has 0 saturated heterocycles. The number of amides is 1. The van der Waals surface area contributed by atoms with Crippen molar-refractivity contribution in [1.82, 2.24) is 14.5 Å². The Labute approximate surface area is 101 Å². The summed E-state index contributed by atoms with van der Waals surface area (Å²) >= 11 is 0. The zero-order chi connectivity index (χ0) is 12.7. The van der Waals surface area contributed by atoms with Crippen molar-refractivity contribution < 1.29 is 4.79 Å². The number of hydrogen-bond donors (Lipinski definition) is 0. The minimum atomic E-state index is -0.0412. The van der Waals surface area contributed by atoms with Crippen molar-refractivity contribution in [3.63, 3.8) is 0 Å². The predicted octanol–water partition coefficient (Wildman–Crippen LogP) is 1.37. The molecule has 92 valence electrons. The van der Waals surface area contributed by atoms with Crippen LogP contribution < -0.4 is 4.90 Å². The summed E-state index contributed by atoms with van der Waals surface area (Å²) in [4.78, 5) is 20.1. The van der Waals surface area contributed by atoms with Gasteiger partial charge in [-0.2, -0.15) is 0 Å². The molecule has 0 fully saturated rings. The molecule has 0 N–H and O–H groups in total. The molecular formula is C12H18N4O. The molecule has 0 saturated carbocycles. The van der Waals surface area contributed by atoms with Crippen LogP contribution in [0.3, 0.4) is 0 Å². The molecule has 0 radical (unpaired) electrons. The zero-order valence-electron chi connectivity index (χ0n) is 10.8. The van der Waals surface area contributed by atoms with Crippen LogP contribution in [0.15, 0.2) is 12.4 Å². The number of aromatic nitrogens is 2. The summed E-state index contributed by atoms with van der Waals surface area (Å²) in [5.74, 6) is 2.27. The van der Waals surface area contributed by atoms with E-state index >= 15 is 0 Å². The first kappa shape index (κ1) is 11.7. The van der Waals surface area contributed by atoms with Crippen LogP contribution in [0.1, 0.15) is 29.7 Å². The molecule has 0 aliphatic carbocycles. The molecule has 0 spiro atoms. The predicted molar refractivity (Wildman–Crippen MR) is 66.8 cm³/mol. The van der Waals surface area contributed by atoms with Gasteiger partial charge in [0, 0.05) is 27.6 Å². The van der Waals surface area contributed by atoms with Crippen LogP contribution in [-0.2, 0) is 13.5 Å². The second-order valence-electron chi connectivity index (χ2n) is 4.35. The monoisotopic (exact) mass is 234 g/mol. The minimum absolute atomic E-state index is 0.0412. The highest BCUT2D eigenvalue weighted by atomic mass is 16.2. The van der Waals surface area contributed by atoms with Crippen LogP contribution >= 0.6 is 0 Å². The van der Waals surface area contributed by atoms with Crippen molar-refractivity contribution >= 4 is 11.7 Å². The fourth-order valence-electron chi connectivity index (χ4n) is 2.07. The normalized spacial score (nSPS) is 15.5. The first-order chi connectivity index (χ1) is 7.99. The number of carbonyl (C=O) groups is 1. The Morgan fingerprint density at radius 2 is 1.88 bits per heavy atom. The summed E-state index contributed by atoms with van der Waals surface area (Å²) in [6.07, 6.45) is 1.89. The van der Waals surface area contributed by atoms with Gasteiger partial charge in [-0.1, -0.05) is 13.5 Å². The fraction of sp³-hybridized carbons (Fsp3) is 0.500. The van der Waals surface area contributed by atoms with Crippen molar-refractivity contribution in [2.24, 2.45) is 7.05 Å². The third-order valence-electron chi connectivity index (χ3n) is 3.24. The summed E-state index contributed by atoms with van der Waals surface area (Å²) in [5, 5.41) is 0. The Balaban J connectivity index is 2.58. The van der Waals surface area contributed by atoms with Gasteiger partial charge in [0.2, 0.25) is 0 Å². The second kappa shape index (κ2) is 3.91. The van der Waals surface area contributed by atoms with Crippen molar-refractivity contribution in [2.75, 3.05) is 19.0 Å². The number of nitrogens with zero attached hydrogens (tertiary/aromatic N) is 4. The van der Waals surface area contributed by atoms with E-state index in [9.17, 15) is 4.79 Å². The average Bonchev–Trinajstić information content (AvgIpc) is 2.62. The maximum absolute atomic E-state index is 12.2. The molecule has 1 aromatic rings. The lowest BCUT2D eigenvalue weighted by Crippen LogP contribution is -2.40. The van der Waals surface area contributed by atoms with Crippen molar-refractivity contribution in [3.8, 4) is 0 Å². The molecule has 5 heteroatoms. The van der Waals surface area contributed by atoms with Crippen LogP contribution in [0.2, 0.25) is 0 Å². The average molecular weight is 234 g/mol. The quantitative estimate of drug-likeness (QED) is 0.776. The smallest absolute Gasteiger partial charge is 0.279 e. The van der Waals surface area contributed by atoms with Crippen molar-refractivity contribution in [2.45, 2.75) is 19.8 Å². The summed E-state index contributed by atoms with van der Waals surface area (Å²) in [5.41, 5.74) is 0.644. The maximum atomic E-state index is 12.2. The summed E-state index contributed by atoms with van der Waals surface area (Å²) in [7, 11) is 5.51. The molecule has 1 amide bonds. The molecule has 0 bridgehead atoms. The van der Waals surface area contributed by atoms with E-state index in [0.29, 0.717) is 17.3 Å². The van der Waals surface area contributed by atoms with Crippen LogP contribution in [0.4, 0.5) is 5.82 Å². The zero-order valence-corrected chi connectivity index (χ0v) is 10.8. The van der Waals surface area contributed by atoms with Gasteiger partial charge in [0.15, 0.2) is 11.5 Å². The van der Waals surface area contributed by atoms with Gasteiger partial charge in [-0.15, -0.1) is 0 Å². The first-order valence-corrected chi connectivity index (χ1v) is 5.75. The Morgan fingerprint density at radius 3 is 2.47 bits per heavy atom. The number of fused-ring (bicyclic) bond motifs is 1. The molecule has 5 nitrogen and oxygen atoms in total. The van der Waals surface area contributed by atoms with Gasteiger partial charge in [0.25, 0.3) is 5.91 Å². The van der Waals surface area contributed by atoms with Gasteiger partial charge in [0.05, 0.1) is 0 Å². The van der Waals surface area contributed by atoms with Crippen LogP contribution in [0.5, 0.6) is 0 Å². The summed E-state index contributed by atoms with van der Waals surface area (Å²) in [6, 6.07) is 0. The van der Waals surface area contributed by atoms with Gasteiger partial charge < -0.3 is 9.47 Å². The lowest BCUT2D eigenvalue weighted by molar-refractivity contribution is 0.0816. The maximum Gasteiger partial charge on any atom is 0.279 e. The lowest BCUT2D eigenvalue weighted by Gasteiger charge is -2.32. The van der Waals surface area contributed by atoms with Gasteiger partial charge in [-0.3, -0.25) is 9.69 Å². The van der Waals surface area contributed by atoms with E-state index in [1.807, 2.05) is 23.6 Å². The standard InChI is InChI=1S/C12H18N4O/c1-6-7-9-13-11-10(16(9)5)12(17)15(4)8(2)14(11)3/h2,6-7H2,1,3-5H3. The number of imidazole rings is 1. The number of aryl methyl sites for hydroxylation is 1. The van der Waals surface area contributed by atoms with E-state index in [2.05, 4.69) is 18.5 Å². The van der Waals surface area contributed by atoms with E-state index in [4.69, 9.17) is 0 Å². The van der Waals surface area contributed by atoms with E-state index in [1.54, 1.807) is 11.9 Å². The SMILES string of the molecule is C=C1N(C)C(=O)c2c(nc(CCC)n2C)N1C. The Morgan fingerprint density at radius 1 is 1.24 bits per heavy atom. The Hall–Kier alpha value is -1.78. The molecule has 2 rings (SSSR count). The molecule has 1 aliphatic rings. The van der Waals surface area contributed by atoms with Gasteiger partial charge in [-0.05, 0) is 6.42 Å². The highest BCUT2D eigenvalue weighted by Crippen LogP contribution is 2.30. The lowest BCUT2D eigenvalue weighted by atomic mass is 10.3. The molecule has 0 unspecified atom stereocenters. The topological polar surface area (TPSA) is 41.4 Å². The third-order valence-corrected chi connectivity index (χ3v) is 3.24. The second-order valence-corrected chi connectivity index (χ2v) is 4.35. The van der Waals surface area contributed by atoms with Crippen LogP contribution in [-0.4, -0.2) is 34.5 Å². The number of anilines is 1. The molecule has 0 aromatic carbocycles. The van der Waals surface area contributed by atoms with E-state index < -0.39 is 0 Å². The highest BCUT2D eigenvalue weighted by molar-refractivity contribution is 6.01. The van der Waals surface area contributed by atoms with Gasteiger partial charge in [0.1, 0.15) is 11.6 Å². The molecule has 0 atom stereocenters. The fourth-order valence-corrected chi connectivity index (χ4v) is 2.07. The molecule has 1 aliphatic heterocycles. The van der Waals surface area contributed by atoms with E-state index in [1.165, 1.54) is 0 Å². The largest absolute Gasteiger partial charge is 0.325 e. The summed E-state index contributed by atoms with van der Waals surface area (Å²) < 4.78 is 1.89. The summed E-state index contributed by atoms with van der Waals surface area (Å²) in [6.45, 7) is 5.99. The highest BCUT2D eigenvalue weighted by Gasteiger charge is 2.33. The van der Waals surface area contributed by atoms with Crippen LogP contribution in [0, 0.1) is 0 Å². The van der Waals surface area contributed by atoms with Gasteiger partial charge >= 0.3 is 0 Å². The molecule has 2 heterocycles. The Kier molecular flexibility index (Phi) is 2.69. The number of carbonyl (C=O) groups excluding carboxylic acids is 1. The molecule has 17 heavy (non-hydrogen) atoms. The van der Waals surface area contributed by atoms with Crippen molar-refractivity contribution in [1.29, 1.82) is 0 Å². The minimum Gasteiger partial charge on any atom is -0.325 e. The molecular weight excluding hydrogens is 216 g/mol. The van der Waals surface area contributed by atoms with E-state index in [-0.39, 0.29) is 5.91 Å². The van der Waals surface area contributed by atoms with Crippen LogP contribution in [0.25, 0.3) is 0 Å². The Bertz CT molecular complexity index is 489. The number of hydrogen-bond acceptors (Lipinski definition) is 3. The number of rotatable bonds is 2. The first-order valence-electron chi connectivity index (χ1n) is 5.75. The molecule has 1 aromatic heterocycles. The van der Waals surface area contributed by atoms with E-state index in [0.717, 1.165) is 18.7 Å².